The standard InChI is InChI=1S/C16H16BrF/c1-3-15-11(2)13(7-8-16(15)17)9-12-5-4-6-14(18)10-12/h4,6-10H,3,5H2,1-2H3/b12-9+. The minimum Gasteiger partial charge on any atom is -0.207 e. The average molecular weight is 307 g/mol. The molecule has 18 heavy (non-hydrogen) atoms. The van der Waals surface area contributed by atoms with Gasteiger partial charge in [-0.2, -0.15) is 0 Å². The van der Waals surface area contributed by atoms with E-state index in [0.717, 1.165) is 22.9 Å². The molecule has 0 fully saturated rings. The largest absolute Gasteiger partial charge is 0.207 e. The Morgan fingerprint density at radius 2 is 2.17 bits per heavy atom. The third-order valence-corrected chi connectivity index (χ3v) is 3.97. The van der Waals surface area contributed by atoms with Gasteiger partial charge < -0.3 is 0 Å². The second kappa shape index (κ2) is 5.66. The summed E-state index contributed by atoms with van der Waals surface area (Å²) in [6, 6.07) is 4.15. The monoisotopic (exact) mass is 306 g/mol. The first kappa shape index (κ1) is 13.3. The van der Waals surface area contributed by atoms with Gasteiger partial charge in [-0.05, 0) is 60.2 Å². The zero-order valence-corrected chi connectivity index (χ0v) is 12.2. The van der Waals surface area contributed by atoms with Gasteiger partial charge in [0.05, 0.1) is 0 Å². The van der Waals surface area contributed by atoms with Gasteiger partial charge in [0.1, 0.15) is 5.83 Å². The van der Waals surface area contributed by atoms with Crippen LogP contribution in [-0.2, 0) is 6.42 Å². The van der Waals surface area contributed by atoms with E-state index in [9.17, 15) is 4.39 Å². The molecule has 0 nitrogen and oxygen atoms in total. The minimum absolute atomic E-state index is 0.169. The Balaban J connectivity index is 2.41. The molecule has 1 aromatic rings. The molecular weight excluding hydrogens is 291 g/mol. The molecule has 0 saturated carbocycles. The summed E-state index contributed by atoms with van der Waals surface area (Å²) in [5, 5.41) is 0. The van der Waals surface area contributed by atoms with Gasteiger partial charge >= 0.3 is 0 Å². The van der Waals surface area contributed by atoms with Crippen molar-refractivity contribution < 1.29 is 4.39 Å². The van der Waals surface area contributed by atoms with Crippen molar-refractivity contribution in [2.45, 2.75) is 26.7 Å². The summed E-state index contributed by atoms with van der Waals surface area (Å²) in [6.45, 7) is 4.27. The SMILES string of the molecule is CCc1c(Br)ccc(/C=C2/C=C(F)C=CC2)c1C. The van der Waals surface area contributed by atoms with E-state index in [0.29, 0.717) is 0 Å². The Bertz CT molecular complexity index is 550. The molecule has 0 N–H and O–H groups in total. The molecule has 0 unspecified atom stereocenters. The highest BCUT2D eigenvalue weighted by molar-refractivity contribution is 9.10. The summed E-state index contributed by atoms with van der Waals surface area (Å²) in [7, 11) is 0. The molecule has 0 aromatic heterocycles. The Hall–Kier alpha value is -1.15. The third kappa shape index (κ3) is 2.81. The molecule has 0 heterocycles. The zero-order valence-electron chi connectivity index (χ0n) is 10.6. The maximum Gasteiger partial charge on any atom is 0.123 e. The fourth-order valence-electron chi connectivity index (χ4n) is 2.22. The number of hydrogen-bond donors (Lipinski definition) is 0. The predicted octanol–water partition coefficient (Wildman–Crippen LogP) is 5.52. The smallest absolute Gasteiger partial charge is 0.123 e. The van der Waals surface area contributed by atoms with Crippen LogP contribution in [0.4, 0.5) is 4.39 Å². The van der Waals surface area contributed by atoms with Crippen LogP contribution in [-0.4, -0.2) is 0 Å². The summed E-state index contributed by atoms with van der Waals surface area (Å²) >= 11 is 3.57. The van der Waals surface area contributed by atoms with Crippen LogP contribution < -0.4 is 0 Å². The molecule has 1 aliphatic carbocycles. The quantitative estimate of drug-likeness (QED) is 0.675. The van der Waals surface area contributed by atoms with Gasteiger partial charge in [-0.3, -0.25) is 0 Å². The predicted molar refractivity (Wildman–Crippen MR) is 79.2 cm³/mol. The molecule has 1 aromatic carbocycles. The molecule has 0 amide bonds. The summed E-state index contributed by atoms with van der Waals surface area (Å²) in [5.41, 5.74) is 4.77. The lowest BCUT2D eigenvalue weighted by molar-refractivity contribution is 0.662. The van der Waals surface area contributed by atoms with Gasteiger partial charge in [-0.25, -0.2) is 4.39 Å². The van der Waals surface area contributed by atoms with Gasteiger partial charge in [-0.1, -0.05) is 41.1 Å². The highest BCUT2D eigenvalue weighted by Gasteiger charge is 2.07. The van der Waals surface area contributed by atoms with Crippen molar-refractivity contribution in [2.24, 2.45) is 0 Å². The highest BCUT2D eigenvalue weighted by Crippen LogP contribution is 2.27. The van der Waals surface area contributed by atoms with E-state index < -0.39 is 0 Å². The molecule has 0 radical (unpaired) electrons. The molecule has 94 valence electrons. The molecule has 0 aliphatic heterocycles. The molecule has 0 spiro atoms. The Morgan fingerprint density at radius 1 is 1.39 bits per heavy atom. The molecular formula is C16H16BrF. The van der Waals surface area contributed by atoms with Gasteiger partial charge in [0.25, 0.3) is 0 Å². The van der Waals surface area contributed by atoms with Crippen LogP contribution >= 0.6 is 15.9 Å². The van der Waals surface area contributed by atoms with E-state index in [1.807, 2.05) is 6.08 Å². The lowest BCUT2D eigenvalue weighted by atomic mass is 9.97. The van der Waals surface area contributed by atoms with Crippen molar-refractivity contribution in [3.8, 4) is 0 Å². The first-order valence-electron chi connectivity index (χ1n) is 6.14. The number of hydrogen-bond acceptors (Lipinski definition) is 0. The van der Waals surface area contributed by atoms with Gasteiger partial charge in [-0.15, -0.1) is 0 Å². The maximum atomic E-state index is 13.2. The van der Waals surface area contributed by atoms with Crippen LogP contribution in [0, 0.1) is 6.92 Å². The molecule has 2 heteroatoms. The van der Waals surface area contributed by atoms with E-state index in [2.05, 4.69) is 48.0 Å². The molecule has 1 aliphatic rings. The Morgan fingerprint density at radius 3 is 2.83 bits per heavy atom. The van der Waals surface area contributed by atoms with Crippen molar-refractivity contribution in [1.82, 2.24) is 0 Å². The molecule has 0 saturated heterocycles. The Kier molecular flexibility index (Phi) is 4.18. The normalized spacial score (nSPS) is 17.1. The molecule has 0 bridgehead atoms. The lowest BCUT2D eigenvalue weighted by Gasteiger charge is -2.11. The number of allylic oxidation sites excluding steroid dienone is 5. The van der Waals surface area contributed by atoms with Crippen molar-refractivity contribution in [2.75, 3.05) is 0 Å². The van der Waals surface area contributed by atoms with Crippen molar-refractivity contribution in [1.29, 1.82) is 0 Å². The van der Waals surface area contributed by atoms with Crippen LogP contribution in [0.25, 0.3) is 6.08 Å². The summed E-state index contributed by atoms with van der Waals surface area (Å²) in [5.74, 6) is -0.169. The van der Waals surface area contributed by atoms with Crippen molar-refractivity contribution in [3.63, 3.8) is 0 Å². The number of benzene rings is 1. The summed E-state index contributed by atoms with van der Waals surface area (Å²) < 4.78 is 14.3. The van der Waals surface area contributed by atoms with Gasteiger partial charge in [0, 0.05) is 4.47 Å². The zero-order chi connectivity index (χ0) is 13.1. The highest BCUT2D eigenvalue weighted by atomic mass is 79.9. The van der Waals surface area contributed by atoms with Gasteiger partial charge in [0.2, 0.25) is 0 Å². The summed E-state index contributed by atoms with van der Waals surface area (Å²) in [4.78, 5) is 0. The van der Waals surface area contributed by atoms with Crippen LogP contribution in [0.15, 0.2) is 46.2 Å². The number of halogens is 2. The molecule has 0 atom stereocenters. The van der Waals surface area contributed by atoms with E-state index in [4.69, 9.17) is 0 Å². The van der Waals surface area contributed by atoms with Crippen LogP contribution in [0.3, 0.4) is 0 Å². The fraction of sp³-hybridized carbons (Fsp3) is 0.250. The number of rotatable bonds is 2. The van der Waals surface area contributed by atoms with Crippen molar-refractivity contribution >= 4 is 22.0 Å². The van der Waals surface area contributed by atoms with E-state index in [1.165, 1.54) is 22.8 Å². The average Bonchev–Trinajstić information content (AvgIpc) is 2.34. The maximum absolute atomic E-state index is 13.2. The van der Waals surface area contributed by atoms with Crippen LogP contribution in [0.2, 0.25) is 0 Å². The van der Waals surface area contributed by atoms with E-state index >= 15 is 0 Å². The third-order valence-electron chi connectivity index (χ3n) is 3.23. The second-order valence-corrected chi connectivity index (χ2v) is 5.30. The van der Waals surface area contributed by atoms with Crippen LogP contribution in [0.5, 0.6) is 0 Å². The van der Waals surface area contributed by atoms with Gasteiger partial charge in [0.15, 0.2) is 0 Å². The van der Waals surface area contributed by atoms with E-state index in [-0.39, 0.29) is 5.83 Å². The van der Waals surface area contributed by atoms with Crippen LogP contribution in [0.1, 0.15) is 30.0 Å². The first-order chi connectivity index (χ1) is 8.61. The van der Waals surface area contributed by atoms with E-state index in [1.54, 1.807) is 6.08 Å². The lowest BCUT2D eigenvalue weighted by Crippen LogP contribution is -1.93. The van der Waals surface area contributed by atoms with Crippen molar-refractivity contribution in [3.05, 3.63) is 62.9 Å². The summed E-state index contributed by atoms with van der Waals surface area (Å²) in [6.07, 6.45) is 8.84. The fourth-order valence-corrected chi connectivity index (χ4v) is 2.93. The second-order valence-electron chi connectivity index (χ2n) is 4.45. The molecule has 2 rings (SSSR count). The first-order valence-corrected chi connectivity index (χ1v) is 6.93. The topological polar surface area (TPSA) is 0 Å². The Labute approximate surface area is 116 Å². The minimum atomic E-state index is -0.169.